The summed E-state index contributed by atoms with van der Waals surface area (Å²) in [4.78, 5) is 30.9. The molecule has 2 aromatic carbocycles. The standard InChI is InChI=1S/C26H20N8O2/c1-15(31-23-17(12-27)14-30-26(28)33-23)24-32-20-9-5-8-19(16-10-11-21(35)29-13-16)22(20)25(36)34(24)18-6-3-2-4-7-18/h2-11,13-15H,1H3,(H,29,35)(H3,28,30,31,33)/t15-/m0/s1. The van der Waals surface area contributed by atoms with Gasteiger partial charge >= 0.3 is 0 Å². The van der Waals surface area contributed by atoms with E-state index >= 15 is 0 Å². The fraction of sp³-hybridized carbons (Fsp3) is 0.0769. The van der Waals surface area contributed by atoms with Gasteiger partial charge in [0, 0.05) is 17.8 Å². The molecule has 0 radical (unpaired) electrons. The van der Waals surface area contributed by atoms with Gasteiger partial charge in [0.05, 0.1) is 28.8 Å². The minimum absolute atomic E-state index is 0.0165. The number of nitrogens with zero attached hydrogens (tertiary/aromatic N) is 6. The summed E-state index contributed by atoms with van der Waals surface area (Å²) >= 11 is 0. The molecule has 0 aliphatic heterocycles. The molecule has 176 valence electrons. The Morgan fingerprint density at radius 2 is 1.83 bits per heavy atom. The van der Waals surface area contributed by atoms with Gasteiger partial charge in [-0.2, -0.15) is 10.2 Å². The molecule has 0 aliphatic rings. The van der Waals surface area contributed by atoms with Crippen molar-refractivity contribution in [3.8, 4) is 28.8 Å². The molecule has 0 spiro atoms. The fourth-order valence-corrected chi connectivity index (χ4v) is 4.01. The van der Waals surface area contributed by atoms with E-state index in [9.17, 15) is 15.2 Å². The normalized spacial score (nSPS) is 11.7. The fourth-order valence-electron chi connectivity index (χ4n) is 4.01. The number of hydrogen-bond acceptors (Lipinski definition) is 9. The van der Waals surface area contributed by atoms with Gasteiger partial charge < -0.3 is 16.2 Å². The quantitative estimate of drug-likeness (QED) is 0.345. The average Bonchev–Trinajstić information content (AvgIpc) is 2.89. The molecular weight excluding hydrogens is 456 g/mol. The number of hydrogen-bond donors (Lipinski definition) is 3. The third kappa shape index (κ3) is 4.05. The van der Waals surface area contributed by atoms with Crippen LogP contribution in [0.5, 0.6) is 5.88 Å². The summed E-state index contributed by atoms with van der Waals surface area (Å²) < 4.78 is 1.54. The van der Waals surface area contributed by atoms with Crippen molar-refractivity contribution in [3.05, 3.63) is 94.8 Å². The van der Waals surface area contributed by atoms with Crippen LogP contribution in [0.15, 0.2) is 77.9 Å². The van der Waals surface area contributed by atoms with Crippen molar-refractivity contribution in [1.29, 1.82) is 5.26 Å². The van der Waals surface area contributed by atoms with Crippen LogP contribution in [-0.2, 0) is 0 Å². The van der Waals surface area contributed by atoms with Gasteiger partial charge in [0.15, 0.2) is 0 Å². The number of para-hydroxylation sites is 1. The largest absolute Gasteiger partial charge is 0.493 e. The topological polar surface area (TPSA) is 156 Å². The van der Waals surface area contributed by atoms with Crippen LogP contribution in [0.25, 0.3) is 27.7 Å². The monoisotopic (exact) mass is 476 g/mol. The molecule has 0 unspecified atom stereocenters. The minimum Gasteiger partial charge on any atom is -0.493 e. The highest BCUT2D eigenvalue weighted by atomic mass is 16.3. The first-order valence-electron chi connectivity index (χ1n) is 11.0. The molecule has 5 rings (SSSR count). The third-order valence-electron chi connectivity index (χ3n) is 5.67. The highest BCUT2D eigenvalue weighted by molar-refractivity contribution is 5.94. The number of nitriles is 1. The molecule has 3 aromatic heterocycles. The van der Waals surface area contributed by atoms with Gasteiger partial charge in [-0.3, -0.25) is 9.36 Å². The maximum Gasteiger partial charge on any atom is 0.266 e. The second kappa shape index (κ2) is 9.15. The Labute approximate surface area is 205 Å². The van der Waals surface area contributed by atoms with Crippen LogP contribution in [0.2, 0.25) is 0 Å². The number of aromatic nitrogens is 5. The maximum absolute atomic E-state index is 14.1. The lowest BCUT2D eigenvalue weighted by Gasteiger charge is -2.21. The second-order valence-electron chi connectivity index (χ2n) is 8.02. The molecule has 0 fully saturated rings. The Hall–Kier alpha value is -5.30. The Balaban J connectivity index is 1.74. The van der Waals surface area contributed by atoms with Gasteiger partial charge in [0.1, 0.15) is 23.3 Å². The Morgan fingerprint density at radius 3 is 2.56 bits per heavy atom. The SMILES string of the molecule is C[C@H](Nc1nc(N)ncc1C#N)c1nc2cccc(-c3ccc(O)nc3)c2c(=O)n1-c1ccccc1. The van der Waals surface area contributed by atoms with Crippen molar-refractivity contribution >= 4 is 22.7 Å². The van der Waals surface area contributed by atoms with Crippen molar-refractivity contribution in [3.63, 3.8) is 0 Å². The smallest absolute Gasteiger partial charge is 0.266 e. The summed E-state index contributed by atoms with van der Waals surface area (Å²) in [7, 11) is 0. The number of aromatic hydroxyl groups is 1. The summed E-state index contributed by atoms with van der Waals surface area (Å²) in [6, 6.07) is 19.2. The molecule has 3 heterocycles. The van der Waals surface area contributed by atoms with E-state index in [1.54, 1.807) is 12.1 Å². The zero-order valence-corrected chi connectivity index (χ0v) is 19.1. The van der Waals surface area contributed by atoms with Crippen LogP contribution in [0.3, 0.4) is 0 Å². The van der Waals surface area contributed by atoms with Gasteiger partial charge in [0.2, 0.25) is 11.8 Å². The van der Waals surface area contributed by atoms with Crippen LogP contribution in [-0.4, -0.2) is 29.6 Å². The number of fused-ring (bicyclic) bond motifs is 1. The van der Waals surface area contributed by atoms with Crippen molar-refractivity contribution < 1.29 is 5.11 Å². The molecule has 36 heavy (non-hydrogen) atoms. The van der Waals surface area contributed by atoms with E-state index in [-0.39, 0.29) is 28.8 Å². The molecule has 1 atom stereocenters. The highest BCUT2D eigenvalue weighted by Crippen LogP contribution is 2.28. The van der Waals surface area contributed by atoms with Gasteiger partial charge in [-0.25, -0.2) is 15.0 Å². The lowest BCUT2D eigenvalue weighted by atomic mass is 10.0. The summed E-state index contributed by atoms with van der Waals surface area (Å²) in [6.45, 7) is 1.82. The van der Waals surface area contributed by atoms with Gasteiger partial charge in [0.25, 0.3) is 5.56 Å². The molecule has 0 saturated carbocycles. The van der Waals surface area contributed by atoms with Crippen LogP contribution in [0.1, 0.15) is 24.4 Å². The van der Waals surface area contributed by atoms with E-state index in [4.69, 9.17) is 10.7 Å². The molecule has 5 aromatic rings. The van der Waals surface area contributed by atoms with E-state index in [0.29, 0.717) is 33.5 Å². The van der Waals surface area contributed by atoms with Crippen molar-refractivity contribution in [2.24, 2.45) is 0 Å². The van der Waals surface area contributed by atoms with E-state index in [0.717, 1.165) is 0 Å². The first kappa shape index (κ1) is 22.5. The van der Waals surface area contributed by atoms with E-state index < -0.39 is 6.04 Å². The number of pyridine rings is 1. The predicted octanol–water partition coefficient (Wildman–Crippen LogP) is 3.57. The molecule has 10 heteroatoms. The van der Waals surface area contributed by atoms with Crippen molar-refractivity contribution in [2.45, 2.75) is 13.0 Å². The van der Waals surface area contributed by atoms with Gasteiger partial charge in [-0.1, -0.05) is 30.3 Å². The summed E-state index contributed by atoms with van der Waals surface area (Å²) in [5.74, 6) is 0.571. The second-order valence-corrected chi connectivity index (χ2v) is 8.02. The van der Waals surface area contributed by atoms with Crippen molar-refractivity contribution in [1.82, 2.24) is 24.5 Å². The molecule has 0 amide bonds. The van der Waals surface area contributed by atoms with E-state index in [1.807, 2.05) is 55.5 Å². The van der Waals surface area contributed by atoms with Crippen LogP contribution in [0.4, 0.5) is 11.8 Å². The van der Waals surface area contributed by atoms with Crippen LogP contribution >= 0.6 is 0 Å². The van der Waals surface area contributed by atoms with Crippen LogP contribution in [0, 0.1) is 11.3 Å². The first-order valence-corrected chi connectivity index (χ1v) is 11.0. The number of anilines is 2. The molecule has 0 saturated heterocycles. The average molecular weight is 477 g/mol. The number of benzene rings is 2. The van der Waals surface area contributed by atoms with Crippen molar-refractivity contribution in [2.75, 3.05) is 11.1 Å². The first-order chi connectivity index (χ1) is 17.5. The summed E-state index contributed by atoms with van der Waals surface area (Å²) in [5, 5.41) is 22.6. The summed E-state index contributed by atoms with van der Waals surface area (Å²) in [5.41, 5.74) is 8.10. The number of nitrogen functional groups attached to an aromatic ring is 1. The molecule has 0 aliphatic carbocycles. The highest BCUT2D eigenvalue weighted by Gasteiger charge is 2.21. The minimum atomic E-state index is -0.539. The van der Waals surface area contributed by atoms with Gasteiger partial charge in [-0.15, -0.1) is 0 Å². The van der Waals surface area contributed by atoms with E-state index in [1.165, 1.54) is 23.0 Å². The van der Waals surface area contributed by atoms with E-state index in [2.05, 4.69) is 20.3 Å². The Bertz CT molecular complexity index is 1680. The molecule has 4 N–H and O–H groups in total. The van der Waals surface area contributed by atoms with Crippen LogP contribution < -0.4 is 16.6 Å². The molecular formula is C26H20N8O2. The van der Waals surface area contributed by atoms with Gasteiger partial charge in [-0.05, 0) is 36.8 Å². The number of nitrogens with one attached hydrogen (secondary N) is 1. The lowest BCUT2D eigenvalue weighted by molar-refractivity contribution is 0.453. The number of rotatable bonds is 5. The molecule has 10 nitrogen and oxygen atoms in total. The maximum atomic E-state index is 14.1. The zero-order chi connectivity index (χ0) is 25.2. The Kier molecular flexibility index (Phi) is 5.72. The summed E-state index contributed by atoms with van der Waals surface area (Å²) in [6.07, 6.45) is 2.85. The zero-order valence-electron chi connectivity index (χ0n) is 19.1. The molecule has 0 bridgehead atoms. The number of nitrogens with two attached hydrogens (primary N) is 1. The predicted molar refractivity (Wildman–Crippen MR) is 135 cm³/mol. The third-order valence-corrected chi connectivity index (χ3v) is 5.67. The lowest BCUT2D eigenvalue weighted by Crippen LogP contribution is -2.28. The Morgan fingerprint density at radius 1 is 1.03 bits per heavy atom.